The largest absolute Gasteiger partial charge is 0.495 e. The van der Waals surface area contributed by atoms with Gasteiger partial charge in [-0.05, 0) is 62.0 Å². The van der Waals surface area contributed by atoms with E-state index in [0.717, 1.165) is 11.1 Å². The minimum Gasteiger partial charge on any atom is -0.495 e. The molecule has 0 saturated heterocycles. The Balaban J connectivity index is 1.71. The van der Waals surface area contributed by atoms with E-state index >= 15 is 0 Å². The minimum absolute atomic E-state index is 0.0688. The predicted octanol–water partition coefficient (Wildman–Crippen LogP) is 3.39. The Morgan fingerprint density at radius 1 is 1.18 bits per heavy atom. The van der Waals surface area contributed by atoms with Gasteiger partial charge in [0.15, 0.2) is 0 Å². The molecule has 1 aromatic heterocycles. The van der Waals surface area contributed by atoms with Crippen LogP contribution in [0.15, 0.2) is 71.9 Å². The van der Waals surface area contributed by atoms with Gasteiger partial charge >= 0.3 is 0 Å². The molecule has 0 amide bonds. The maximum Gasteiger partial charge on any atom is 0.247 e. The van der Waals surface area contributed by atoms with E-state index in [1.54, 1.807) is 44.6 Å². The van der Waals surface area contributed by atoms with E-state index in [-0.39, 0.29) is 35.8 Å². The molecule has 4 rings (SSSR count). The van der Waals surface area contributed by atoms with E-state index in [9.17, 15) is 13.5 Å². The standard InChI is InChI=1S/C30H35N3O5S/c1-22-18-33(23(2)21-34)39(35,36)30-12-10-24(9-11-26-7-5-6-8-27(26)37-4)17-28(30)38-29(22)20-32(3)19-25-13-15-31-16-14-25/h5-8,10,12-17,22-23,29,34H,18-21H2,1-4H3/t22-,23+,29+/m1/s1. The summed E-state index contributed by atoms with van der Waals surface area (Å²) in [6.07, 6.45) is 3.22. The van der Waals surface area contributed by atoms with Gasteiger partial charge in [-0.25, -0.2) is 8.42 Å². The lowest BCUT2D eigenvalue weighted by Crippen LogP contribution is -2.49. The number of aliphatic hydroxyl groups is 1. The molecular formula is C30H35N3O5S. The molecule has 0 fully saturated rings. The first kappa shape index (κ1) is 28.6. The van der Waals surface area contributed by atoms with E-state index in [4.69, 9.17) is 9.47 Å². The van der Waals surface area contributed by atoms with Crippen molar-refractivity contribution in [1.82, 2.24) is 14.2 Å². The molecule has 8 nitrogen and oxygen atoms in total. The average Bonchev–Trinajstić information content (AvgIpc) is 2.94. The van der Waals surface area contributed by atoms with Crippen molar-refractivity contribution in [3.05, 3.63) is 83.7 Å². The number of para-hydroxylation sites is 1. The number of aliphatic hydroxyl groups excluding tert-OH is 1. The van der Waals surface area contributed by atoms with E-state index in [0.29, 0.717) is 24.4 Å². The number of rotatable bonds is 7. The molecule has 1 aliphatic rings. The molecule has 1 aliphatic heterocycles. The van der Waals surface area contributed by atoms with Crippen molar-refractivity contribution in [2.24, 2.45) is 5.92 Å². The van der Waals surface area contributed by atoms with Crippen LogP contribution >= 0.6 is 0 Å². The Morgan fingerprint density at radius 2 is 1.92 bits per heavy atom. The maximum absolute atomic E-state index is 13.7. The first-order chi connectivity index (χ1) is 18.7. The minimum atomic E-state index is -3.92. The summed E-state index contributed by atoms with van der Waals surface area (Å²) in [6, 6.07) is 15.7. The van der Waals surface area contributed by atoms with Gasteiger partial charge in [-0.2, -0.15) is 4.31 Å². The van der Waals surface area contributed by atoms with Gasteiger partial charge in [-0.15, -0.1) is 0 Å². The molecule has 39 heavy (non-hydrogen) atoms. The number of methoxy groups -OCH3 is 1. The summed E-state index contributed by atoms with van der Waals surface area (Å²) in [5.41, 5.74) is 2.47. The average molecular weight is 550 g/mol. The van der Waals surface area contributed by atoms with Crippen molar-refractivity contribution in [2.75, 3.05) is 33.9 Å². The number of pyridine rings is 1. The molecule has 0 saturated carbocycles. The third-order valence-electron chi connectivity index (χ3n) is 6.81. The summed E-state index contributed by atoms with van der Waals surface area (Å²) in [4.78, 5) is 6.30. The van der Waals surface area contributed by atoms with Crippen LogP contribution in [0.2, 0.25) is 0 Å². The van der Waals surface area contributed by atoms with Gasteiger partial charge in [0, 0.05) is 49.6 Å². The zero-order valence-corrected chi connectivity index (χ0v) is 23.6. The number of hydrogen-bond acceptors (Lipinski definition) is 7. The summed E-state index contributed by atoms with van der Waals surface area (Å²) in [6.45, 7) is 4.91. The van der Waals surface area contributed by atoms with Crippen LogP contribution < -0.4 is 9.47 Å². The van der Waals surface area contributed by atoms with Crippen LogP contribution in [0.1, 0.15) is 30.5 Å². The van der Waals surface area contributed by atoms with Crippen molar-refractivity contribution in [3.63, 3.8) is 0 Å². The number of sulfonamides is 1. The van der Waals surface area contributed by atoms with Crippen LogP contribution in [0, 0.1) is 17.8 Å². The number of likely N-dealkylation sites (N-methyl/N-ethyl adjacent to an activating group) is 1. The monoisotopic (exact) mass is 549 g/mol. The molecule has 0 bridgehead atoms. The van der Waals surface area contributed by atoms with Gasteiger partial charge in [0.2, 0.25) is 10.0 Å². The van der Waals surface area contributed by atoms with Crippen LogP contribution in [0.5, 0.6) is 11.5 Å². The second kappa shape index (κ2) is 12.6. The molecule has 9 heteroatoms. The fourth-order valence-electron chi connectivity index (χ4n) is 4.58. The zero-order valence-electron chi connectivity index (χ0n) is 22.7. The molecule has 0 radical (unpaired) electrons. The molecule has 2 aromatic carbocycles. The SMILES string of the molecule is COc1ccccc1C#Cc1ccc2c(c1)O[C@@H](CN(C)Cc1ccncc1)[C@H](C)CN([C@@H](C)CO)S2(=O)=O. The van der Waals surface area contributed by atoms with E-state index in [2.05, 4.69) is 21.7 Å². The Labute approximate surface area is 231 Å². The molecular weight excluding hydrogens is 514 g/mol. The van der Waals surface area contributed by atoms with Gasteiger partial charge < -0.3 is 14.6 Å². The second-order valence-corrected chi connectivity index (χ2v) is 11.8. The maximum atomic E-state index is 13.7. The summed E-state index contributed by atoms with van der Waals surface area (Å²) in [5, 5.41) is 9.88. The fraction of sp³-hybridized carbons (Fsp3) is 0.367. The van der Waals surface area contributed by atoms with Crippen LogP contribution in [0.3, 0.4) is 0 Å². The first-order valence-corrected chi connectivity index (χ1v) is 14.3. The van der Waals surface area contributed by atoms with Crippen LogP contribution in [-0.4, -0.2) is 73.7 Å². The topological polar surface area (TPSA) is 92.2 Å². The highest BCUT2D eigenvalue weighted by Gasteiger charge is 2.38. The van der Waals surface area contributed by atoms with Crippen LogP contribution in [-0.2, 0) is 16.6 Å². The Bertz CT molecular complexity index is 1440. The Morgan fingerprint density at radius 3 is 2.64 bits per heavy atom. The third-order valence-corrected chi connectivity index (χ3v) is 8.83. The summed E-state index contributed by atoms with van der Waals surface area (Å²) >= 11 is 0. The molecule has 3 atom stereocenters. The molecule has 3 aromatic rings. The number of aromatic nitrogens is 1. The summed E-state index contributed by atoms with van der Waals surface area (Å²) in [5.74, 6) is 7.00. The quantitative estimate of drug-likeness (QED) is 0.452. The number of benzene rings is 2. The molecule has 0 aliphatic carbocycles. The highest BCUT2D eigenvalue weighted by molar-refractivity contribution is 7.89. The molecule has 0 unspecified atom stereocenters. The fourth-order valence-corrected chi connectivity index (χ4v) is 6.41. The molecule has 0 spiro atoms. The molecule has 206 valence electrons. The number of ether oxygens (including phenoxy) is 2. The number of hydrogen-bond donors (Lipinski definition) is 1. The third kappa shape index (κ3) is 6.78. The van der Waals surface area contributed by atoms with Crippen molar-refractivity contribution < 1.29 is 23.0 Å². The van der Waals surface area contributed by atoms with Gasteiger partial charge in [-0.3, -0.25) is 9.88 Å². The van der Waals surface area contributed by atoms with Gasteiger partial charge in [0.05, 0.1) is 19.3 Å². The van der Waals surface area contributed by atoms with Gasteiger partial charge in [0.25, 0.3) is 0 Å². The van der Waals surface area contributed by atoms with Gasteiger partial charge in [0.1, 0.15) is 22.5 Å². The molecule has 1 N–H and O–H groups in total. The summed E-state index contributed by atoms with van der Waals surface area (Å²) in [7, 11) is -0.318. The van der Waals surface area contributed by atoms with Crippen molar-refractivity contribution in [3.8, 4) is 23.3 Å². The Kier molecular flexibility index (Phi) is 9.25. The highest BCUT2D eigenvalue weighted by atomic mass is 32.2. The van der Waals surface area contributed by atoms with E-state index in [1.165, 1.54) is 4.31 Å². The first-order valence-electron chi connectivity index (χ1n) is 12.9. The van der Waals surface area contributed by atoms with Crippen LogP contribution in [0.4, 0.5) is 0 Å². The second-order valence-electron chi connectivity index (χ2n) is 9.90. The van der Waals surface area contributed by atoms with Crippen molar-refractivity contribution in [2.45, 2.75) is 37.4 Å². The normalized spacial score (nSPS) is 19.5. The predicted molar refractivity (Wildman–Crippen MR) is 150 cm³/mol. The zero-order chi connectivity index (χ0) is 28.0. The summed E-state index contributed by atoms with van der Waals surface area (Å²) < 4.78 is 40.7. The van der Waals surface area contributed by atoms with Crippen molar-refractivity contribution >= 4 is 10.0 Å². The van der Waals surface area contributed by atoms with Crippen LogP contribution in [0.25, 0.3) is 0 Å². The molecule has 2 heterocycles. The van der Waals surface area contributed by atoms with E-state index in [1.807, 2.05) is 50.4 Å². The lowest BCUT2D eigenvalue weighted by atomic mass is 10.0. The lowest BCUT2D eigenvalue weighted by molar-refractivity contribution is 0.0733. The number of fused-ring (bicyclic) bond motifs is 1. The van der Waals surface area contributed by atoms with Crippen molar-refractivity contribution in [1.29, 1.82) is 0 Å². The highest BCUT2D eigenvalue weighted by Crippen LogP contribution is 2.34. The lowest BCUT2D eigenvalue weighted by Gasteiger charge is -2.37. The smallest absolute Gasteiger partial charge is 0.247 e. The van der Waals surface area contributed by atoms with E-state index < -0.39 is 16.1 Å². The Hall–Kier alpha value is -3.42. The van der Waals surface area contributed by atoms with Gasteiger partial charge in [-0.1, -0.05) is 30.9 Å². The number of nitrogens with zero attached hydrogens (tertiary/aromatic N) is 3.